The molecule has 0 saturated heterocycles. The standard InChI is InChI=1S/C11H10N2O3/c12-11(15)16-6-9-3-7-1-2-13-5-8(7)4-10(9)14/h1-5,14H,6H2,(H2,12,15). The number of nitrogens with zero attached hydrogens (tertiary/aromatic N) is 1. The molecule has 0 aliphatic heterocycles. The molecule has 1 aromatic heterocycles. The second-order valence-corrected chi connectivity index (χ2v) is 3.31. The third kappa shape index (κ3) is 2.03. The van der Waals surface area contributed by atoms with Gasteiger partial charge in [-0.15, -0.1) is 0 Å². The second kappa shape index (κ2) is 4.06. The van der Waals surface area contributed by atoms with Gasteiger partial charge >= 0.3 is 6.09 Å². The smallest absolute Gasteiger partial charge is 0.404 e. The zero-order chi connectivity index (χ0) is 11.5. The monoisotopic (exact) mass is 218 g/mol. The van der Waals surface area contributed by atoms with E-state index < -0.39 is 6.09 Å². The van der Waals surface area contributed by atoms with Crippen molar-refractivity contribution in [3.05, 3.63) is 36.2 Å². The van der Waals surface area contributed by atoms with E-state index >= 15 is 0 Å². The Kier molecular flexibility index (Phi) is 2.59. The molecule has 0 radical (unpaired) electrons. The third-order valence-electron chi connectivity index (χ3n) is 2.21. The number of aromatic nitrogens is 1. The van der Waals surface area contributed by atoms with Gasteiger partial charge in [-0.05, 0) is 23.6 Å². The van der Waals surface area contributed by atoms with Crippen LogP contribution in [-0.4, -0.2) is 16.2 Å². The van der Waals surface area contributed by atoms with Crippen molar-refractivity contribution >= 4 is 16.9 Å². The number of primary amides is 1. The van der Waals surface area contributed by atoms with E-state index in [2.05, 4.69) is 9.72 Å². The highest BCUT2D eigenvalue weighted by atomic mass is 16.5. The molecule has 3 N–H and O–H groups in total. The number of pyridine rings is 1. The lowest BCUT2D eigenvalue weighted by Crippen LogP contribution is -2.12. The summed E-state index contributed by atoms with van der Waals surface area (Å²) < 4.78 is 4.62. The Hall–Kier alpha value is -2.30. The van der Waals surface area contributed by atoms with Crippen LogP contribution in [0.5, 0.6) is 5.75 Å². The average molecular weight is 218 g/mol. The number of fused-ring (bicyclic) bond motifs is 1. The molecule has 0 aliphatic carbocycles. The molecule has 0 aliphatic rings. The van der Waals surface area contributed by atoms with E-state index in [-0.39, 0.29) is 12.4 Å². The molecule has 0 atom stereocenters. The second-order valence-electron chi connectivity index (χ2n) is 3.31. The first-order valence-electron chi connectivity index (χ1n) is 4.64. The number of carbonyl (C=O) groups excluding carboxylic acids is 1. The molecule has 2 rings (SSSR count). The van der Waals surface area contributed by atoms with Gasteiger partial charge in [0.15, 0.2) is 0 Å². The molecular formula is C11H10N2O3. The largest absolute Gasteiger partial charge is 0.508 e. The first kappa shape index (κ1) is 10.2. The minimum Gasteiger partial charge on any atom is -0.508 e. The van der Waals surface area contributed by atoms with Crippen molar-refractivity contribution in [2.45, 2.75) is 6.61 Å². The molecule has 0 unspecified atom stereocenters. The molecule has 16 heavy (non-hydrogen) atoms. The van der Waals surface area contributed by atoms with E-state index in [1.807, 2.05) is 6.07 Å². The first-order chi connectivity index (χ1) is 7.66. The predicted octanol–water partition coefficient (Wildman–Crippen LogP) is 1.54. The van der Waals surface area contributed by atoms with Gasteiger partial charge in [-0.25, -0.2) is 4.79 Å². The number of ether oxygens (including phenoxy) is 1. The zero-order valence-corrected chi connectivity index (χ0v) is 8.38. The summed E-state index contributed by atoms with van der Waals surface area (Å²) in [4.78, 5) is 14.4. The van der Waals surface area contributed by atoms with Gasteiger partial charge in [-0.2, -0.15) is 0 Å². The minimum atomic E-state index is -0.866. The minimum absolute atomic E-state index is 0.0422. The quantitative estimate of drug-likeness (QED) is 0.800. The van der Waals surface area contributed by atoms with Crippen LogP contribution in [0, 0.1) is 0 Å². The van der Waals surface area contributed by atoms with Crippen LogP contribution >= 0.6 is 0 Å². The van der Waals surface area contributed by atoms with Gasteiger partial charge in [0.1, 0.15) is 12.4 Å². The Labute approximate surface area is 91.5 Å². The van der Waals surface area contributed by atoms with Gasteiger partial charge in [0, 0.05) is 23.3 Å². The summed E-state index contributed by atoms with van der Waals surface area (Å²) in [5, 5.41) is 11.4. The fraction of sp³-hybridized carbons (Fsp3) is 0.0909. The van der Waals surface area contributed by atoms with E-state index in [4.69, 9.17) is 5.73 Å². The van der Waals surface area contributed by atoms with E-state index in [9.17, 15) is 9.90 Å². The van der Waals surface area contributed by atoms with Gasteiger partial charge in [0.05, 0.1) is 0 Å². The van der Waals surface area contributed by atoms with Crippen LogP contribution in [0.1, 0.15) is 5.56 Å². The maximum absolute atomic E-state index is 10.5. The number of benzene rings is 1. The van der Waals surface area contributed by atoms with Crippen LogP contribution < -0.4 is 5.73 Å². The number of nitrogens with two attached hydrogens (primary N) is 1. The Morgan fingerprint density at radius 3 is 3.00 bits per heavy atom. The van der Waals surface area contributed by atoms with Crippen molar-refractivity contribution in [1.82, 2.24) is 4.98 Å². The Morgan fingerprint density at radius 2 is 2.25 bits per heavy atom. The summed E-state index contributed by atoms with van der Waals surface area (Å²) in [6.07, 6.45) is 2.43. The Balaban J connectivity index is 2.38. The van der Waals surface area contributed by atoms with Gasteiger partial charge in [0.2, 0.25) is 0 Å². The molecule has 5 heteroatoms. The molecule has 82 valence electrons. The number of hydrogen-bond donors (Lipinski definition) is 2. The summed E-state index contributed by atoms with van der Waals surface area (Å²) in [7, 11) is 0. The van der Waals surface area contributed by atoms with Gasteiger partial charge in [-0.1, -0.05) is 0 Å². The van der Waals surface area contributed by atoms with Crippen LogP contribution in [0.4, 0.5) is 4.79 Å². The van der Waals surface area contributed by atoms with Crippen LogP contribution in [0.15, 0.2) is 30.6 Å². The molecule has 2 aromatic rings. The fourth-order valence-electron chi connectivity index (χ4n) is 1.44. The summed E-state index contributed by atoms with van der Waals surface area (Å²) in [6, 6.07) is 5.11. The summed E-state index contributed by atoms with van der Waals surface area (Å²) in [5.74, 6) is 0.0572. The molecule has 1 heterocycles. The third-order valence-corrected chi connectivity index (χ3v) is 2.21. The molecule has 0 spiro atoms. The molecule has 5 nitrogen and oxygen atoms in total. The molecule has 1 amide bonds. The van der Waals surface area contributed by atoms with Crippen LogP contribution in [0.2, 0.25) is 0 Å². The SMILES string of the molecule is NC(=O)OCc1cc2ccncc2cc1O. The van der Waals surface area contributed by atoms with Gasteiger partial charge in [0.25, 0.3) is 0 Å². The van der Waals surface area contributed by atoms with Gasteiger partial charge < -0.3 is 15.6 Å². The number of amides is 1. The molecular weight excluding hydrogens is 208 g/mol. The topological polar surface area (TPSA) is 85.4 Å². The highest BCUT2D eigenvalue weighted by Gasteiger charge is 2.05. The number of rotatable bonds is 2. The normalized spacial score (nSPS) is 10.2. The molecule has 0 fully saturated rings. The molecule has 0 bridgehead atoms. The van der Waals surface area contributed by atoms with E-state index in [0.717, 1.165) is 10.8 Å². The number of hydrogen-bond acceptors (Lipinski definition) is 4. The Morgan fingerprint density at radius 1 is 1.44 bits per heavy atom. The highest BCUT2D eigenvalue weighted by Crippen LogP contribution is 2.24. The maximum atomic E-state index is 10.5. The summed E-state index contributed by atoms with van der Waals surface area (Å²) in [6.45, 7) is -0.0422. The number of aromatic hydroxyl groups is 1. The van der Waals surface area contributed by atoms with E-state index in [0.29, 0.717) is 5.56 Å². The summed E-state index contributed by atoms with van der Waals surface area (Å²) in [5.41, 5.74) is 5.36. The van der Waals surface area contributed by atoms with Crippen LogP contribution in [-0.2, 0) is 11.3 Å². The number of phenols is 1. The van der Waals surface area contributed by atoms with Gasteiger partial charge in [-0.3, -0.25) is 4.98 Å². The average Bonchev–Trinajstić information content (AvgIpc) is 2.26. The molecule has 0 saturated carbocycles. The van der Waals surface area contributed by atoms with Crippen molar-refractivity contribution in [2.24, 2.45) is 5.73 Å². The van der Waals surface area contributed by atoms with Crippen molar-refractivity contribution in [1.29, 1.82) is 0 Å². The fourth-order valence-corrected chi connectivity index (χ4v) is 1.44. The van der Waals surface area contributed by atoms with E-state index in [1.54, 1.807) is 24.5 Å². The lowest BCUT2D eigenvalue weighted by atomic mass is 10.1. The van der Waals surface area contributed by atoms with Crippen molar-refractivity contribution in [3.63, 3.8) is 0 Å². The van der Waals surface area contributed by atoms with Crippen molar-refractivity contribution < 1.29 is 14.6 Å². The van der Waals surface area contributed by atoms with Crippen LogP contribution in [0.25, 0.3) is 10.8 Å². The zero-order valence-electron chi connectivity index (χ0n) is 8.38. The number of carbonyl (C=O) groups is 1. The Bertz CT molecular complexity index is 540. The van der Waals surface area contributed by atoms with E-state index in [1.165, 1.54) is 0 Å². The first-order valence-corrected chi connectivity index (χ1v) is 4.64. The molecule has 1 aromatic carbocycles. The van der Waals surface area contributed by atoms with Crippen molar-refractivity contribution in [2.75, 3.05) is 0 Å². The van der Waals surface area contributed by atoms with Crippen LogP contribution in [0.3, 0.4) is 0 Å². The predicted molar refractivity (Wildman–Crippen MR) is 57.8 cm³/mol. The lowest BCUT2D eigenvalue weighted by Gasteiger charge is -2.06. The lowest BCUT2D eigenvalue weighted by molar-refractivity contribution is 0.149. The van der Waals surface area contributed by atoms with Crippen molar-refractivity contribution in [3.8, 4) is 5.75 Å². The number of phenolic OH excluding ortho intramolecular Hbond substituents is 1. The maximum Gasteiger partial charge on any atom is 0.404 e. The highest BCUT2D eigenvalue weighted by molar-refractivity contribution is 5.84. The summed E-state index contributed by atoms with van der Waals surface area (Å²) >= 11 is 0.